The standard InChI is InChI=1S/C13H14N2O2/c14-6-12-10-2-1-3-11(9(10)4-5-16-12)13-7-15-8-17-13/h1-3,7-8,12H,4-6,14H2/t12-/m1/s1. The van der Waals surface area contributed by atoms with E-state index in [0.29, 0.717) is 13.2 Å². The molecule has 0 bridgehead atoms. The van der Waals surface area contributed by atoms with Crippen LogP contribution >= 0.6 is 0 Å². The van der Waals surface area contributed by atoms with E-state index in [-0.39, 0.29) is 6.10 Å². The minimum atomic E-state index is 0.00150. The molecular weight excluding hydrogens is 216 g/mol. The molecule has 17 heavy (non-hydrogen) atoms. The van der Waals surface area contributed by atoms with Gasteiger partial charge < -0.3 is 14.9 Å². The van der Waals surface area contributed by atoms with Crippen molar-refractivity contribution in [3.05, 3.63) is 41.9 Å². The van der Waals surface area contributed by atoms with Crippen molar-refractivity contribution in [3.8, 4) is 11.3 Å². The first kappa shape index (κ1) is 10.5. The van der Waals surface area contributed by atoms with Gasteiger partial charge in [-0.25, -0.2) is 4.98 Å². The molecule has 88 valence electrons. The van der Waals surface area contributed by atoms with Crippen molar-refractivity contribution in [1.29, 1.82) is 0 Å². The van der Waals surface area contributed by atoms with Crippen molar-refractivity contribution in [2.24, 2.45) is 5.73 Å². The lowest BCUT2D eigenvalue weighted by Gasteiger charge is -2.26. The zero-order valence-electron chi connectivity index (χ0n) is 9.43. The Morgan fingerprint density at radius 1 is 1.41 bits per heavy atom. The van der Waals surface area contributed by atoms with Crippen LogP contribution in [0.3, 0.4) is 0 Å². The van der Waals surface area contributed by atoms with Gasteiger partial charge in [-0.05, 0) is 17.5 Å². The fraction of sp³-hybridized carbons (Fsp3) is 0.308. The molecule has 1 aliphatic rings. The van der Waals surface area contributed by atoms with Crippen LogP contribution in [0.2, 0.25) is 0 Å². The third-order valence-electron chi connectivity index (χ3n) is 3.14. The highest BCUT2D eigenvalue weighted by Crippen LogP contribution is 2.33. The molecule has 2 heterocycles. The summed E-state index contributed by atoms with van der Waals surface area (Å²) in [6.45, 7) is 1.22. The quantitative estimate of drug-likeness (QED) is 0.856. The summed E-state index contributed by atoms with van der Waals surface area (Å²) >= 11 is 0. The molecule has 0 fully saturated rings. The zero-order chi connectivity index (χ0) is 11.7. The molecule has 0 saturated carbocycles. The maximum atomic E-state index is 5.73. The third kappa shape index (κ3) is 1.75. The number of benzene rings is 1. The minimum absolute atomic E-state index is 0.00150. The maximum absolute atomic E-state index is 5.73. The van der Waals surface area contributed by atoms with Gasteiger partial charge in [-0.2, -0.15) is 0 Å². The molecule has 1 atom stereocenters. The normalized spacial score (nSPS) is 19.0. The van der Waals surface area contributed by atoms with E-state index in [1.54, 1.807) is 6.20 Å². The average molecular weight is 230 g/mol. The SMILES string of the molecule is NC[C@H]1OCCc2c(-c3cnco3)cccc21. The van der Waals surface area contributed by atoms with Crippen LogP contribution in [0, 0.1) is 0 Å². The predicted molar refractivity (Wildman–Crippen MR) is 63.4 cm³/mol. The Hall–Kier alpha value is -1.65. The molecule has 0 radical (unpaired) electrons. The molecule has 0 saturated heterocycles. The highest BCUT2D eigenvalue weighted by Gasteiger charge is 2.22. The van der Waals surface area contributed by atoms with Gasteiger partial charge in [0.1, 0.15) is 0 Å². The van der Waals surface area contributed by atoms with Gasteiger partial charge in [0, 0.05) is 12.1 Å². The van der Waals surface area contributed by atoms with Crippen molar-refractivity contribution in [1.82, 2.24) is 4.98 Å². The van der Waals surface area contributed by atoms with Crippen LogP contribution in [0.1, 0.15) is 17.2 Å². The van der Waals surface area contributed by atoms with Crippen molar-refractivity contribution in [2.45, 2.75) is 12.5 Å². The number of aromatic nitrogens is 1. The first-order valence-electron chi connectivity index (χ1n) is 5.72. The van der Waals surface area contributed by atoms with Crippen LogP contribution in [-0.2, 0) is 11.2 Å². The lowest BCUT2D eigenvalue weighted by Crippen LogP contribution is -2.23. The van der Waals surface area contributed by atoms with Gasteiger partial charge in [0.15, 0.2) is 12.2 Å². The van der Waals surface area contributed by atoms with Crippen LogP contribution in [0.15, 0.2) is 35.2 Å². The first-order valence-corrected chi connectivity index (χ1v) is 5.72. The van der Waals surface area contributed by atoms with Crippen LogP contribution in [-0.4, -0.2) is 18.1 Å². The second kappa shape index (κ2) is 4.31. The van der Waals surface area contributed by atoms with Gasteiger partial charge in [0.05, 0.1) is 18.9 Å². The number of hydrogen-bond donors (Lipinski definition) is 1. The van der Waals surface area contributed by atoms with Crippen LogP contribution in [0.4, 0.5) is 0 Å². The van der Waals surface area contributed by atoms with Gasteiger partial charge in [0.25, 0.3) is 0 Å². The highest BCUT2D eigenvalue weighted by atomic mass is 16.5. The van der Waals surface area contributed by atoms with Crippen molar-refractivity contribution < 1.29 is 9.15 Å². The monoisotopic (exact) mass is 230 g/mol. The average Bonchev–Trinajstić information content (AvgIpc) is 2.91. The Kier molecular flexibility index (Phi) is 2.66. The summed E-state index contributed by atoms with van der Waals surface area (Å²) in [5.41, 5.74) is 9.27. The fourth-order valence-corrected chi connectivity index (χ4v) is 2.35. The van der Waals surface area contributed by atoms with Gasteiger partial charge in [0.2, 0.25) is 0 Å². The molecule has 2 N–H and O–H groups in total. The molecule has 1 aromatic heterocycles. The summed E-state index contributed by atoms with van der Waals surface area (Å²) < 4.78 is 11.0. The lowest BCUT2D eigenvalue weighted by atomic mass is 9.92. The summed E-state index contributed by atoms with van der Waals surface area (Å²) in [6.07, 6.45) is 4.08. The van der Waals surface area contributed by atoms with Gasteiger partial charge >= 0.3 is 0 Å². The number of oxazole rings is 1. The number of ether oxygens (including phenoxy) is 1. The molecule has 0 aliphatic carbocycles. The van der Waals surface area contributed by atoms with Gasteiger partial charge in [-0.15, -0.1) is 0 Å². The third-order valence-corrected chi connectivity index (χ3v) is 3.14. The summed E-state index contributed by atoms with van der Waals surface area (Å²) in [4.78, 5) is 3.96. The van der Waals surface area contributed by atoms with E-state index in [0.717, 1.165) is 17.7 Å². The van der Waals surface area contributed by atoms with E-state index < -0.39 is 0 Å². The van der Waals surface area contributed by atoms with E-state index in [9.17, 15) is 0 Å². The van der Waals surface area contributed by atoms with Crippen LogP contribution in [0.25, 0.3) is 11.3 Å². The van der Waals surface area contributed by atoms with Gasteiger partial charge in [-0.3, -0.25) is 0 Å². The predicted octanol–water partition coefficient (Wildman–Crippen LogP) is 1.91. The number of nitrogens with zero attached hydrogens (tertiary/aromatic N) is 1. The van der Waals surface area contributed by atoms with E-state index in [1.165, 1.54) is 17.5 Å². The number of nitrogens with two attached hydrogens (primary N) is 1. The van der Waals surface area contributed by atoms with E-state index in [1.807, 2.05) is 6.07 Å². The summed E-state index contributed by atoms with van der Waals surface area (Å²) in [7, 11) is 0. The largest absolute Gasteiger partial charge is 0.444 e. The van der Waals surface area contributed by atoms with E-state index in [4.69, 9.17) is 14.9 Å². The molecule has 2 aromatic rings. The van der Waals surface area contributed by atoms with E-state index in [2.05, 4.69) is 17.1 Å². The Balaban J connectivity index is 2.12. The smallest absolute Gasteiger partial charge is 0.181 e. The maximum Gasteiger partial charge on any atom is 0.181 e. The second-order valence-corrected chi connectivity index (χ2v) is 4.08. The molecule has 0 unspecified atom stereocenters. The second-order valence-electron chi connectivity index (χ2n) is 4.08. The summed E-state index contributed by atoms with van der Waals surface area (Å²) in [6, 6.07) is 6.14. The van der Waals surface area contributed by atoms with Gasteiger partial charge in [-0.1, -0.05) is 18.2 Å². The zero-order valence-corrected chi connectivity index (χ0v) is 9.43. The van der Waals surface area contributed by atoms with Crippen molar-refractivity contribution >= 4 is 0 Å². The molecule has 1 aromatic carbocycles. The highest BCUT2D eigenvalue weighted by molar-refractivity contribution is 5.64. The minimum Gasteiger partial charge on any atom is -0.444 e. The van der Waals surface area contributed by atoms with Crippen molar-refractivity contribution in [3.63, 3.8) is 0 Å². The molecule has 4 heteroatoms. The number of fused-ring (bicyclic) bond motifs is 1. The molecule has 1 aliphatic heterocycles. The molecule has 3 rings (SSSR count). The Morgan fingerprint density at radius 2 is 2.35 bits per heavy atom. The molecule has 0 amide bonds. The lowest BCUT2D eigenvalue weighted by molar-refractivity contribution is 0.0486. The first-order chi connectivity index (χ1) is 8.40. The Morgan fingerprint density at radius 3 is 3.12 bits per heavy atom. The van der Waals surface area contributed by atoms with Crippen molar-refractivity contribution in [2.75, 3.05) is 13.2 Å². The fourth-order valence-electron chi connectivity index (χ4n) is 2.35. The number of rotatable bonds is 2. The van der Waals surface area contributed by atoms with Crippen LogP contribution in [0.5, 0.6) is 0 Å². The molecule has 4 nitrogen and oxygen atoms in total. The Bertz CT molecular complexity index is 508. The topological polar surface area (TPSA) is 61.3 Å². The van der Waals surface area contributed by atoms with Crippen LogP contribution < -0.4 is 5.73 Å². The Labute approximate surface area is 99.4 Å². The molecule has 0 spiro atoms. The number of hydrogen-bond acceptors (Lipinski definition) is 4. The molecular formula is C13H14N2O2. The summed E-state index contributed by atoms with van der Waals surface area (Å²) in [5, 5.41) is 0. The summed E-state index contributed by atoms with van der Waals surface area (Å²) in [5.74, 6) is 0.805. The van der Waals surface area contributed by atoms with E-state index >= 15 is 0 Å².